The number of ketones is 2. The highest BCUT2D eigenvalue weighted by molar-refractivity contribution is 6.34. The van der Waals surface area contributed by atoms with E-state index in [9.17, 15) is 9.59 Å². The van der Waals surface area contributed by atoms with Gasteiger partial charge in [-0.05, 0) is 48.6 Å². The minimum absolute atomic E-state index is 0.234. The molecule has 11 nitrogen and oxygen atoms in total. The number of hydrogen-bond acceptors (Lipinski definition) is 11. The zero-order valence-corrected chi connectivity index (χ0v) is 23.7. The van der Waals surface area contributed by atoms with Crippen molar-refractivity contribution in [1.29, 1.82) is 0 Å². The summed E-state index contributed by atoms with van der Waals surface area (Å²) in [6.07, 6.45) is 8.66. The summed E-state index contributed by atoms with van der Waals surface area (Å²) in [5, 5.41) is 3.98. The molecule has 43 heavy (non-hydrogen) atoms. The Labute approximate surface area is 248 Å². The summed E-state index contributed by atoms with van der Waals surface area (Å²) in [7, 11) is 3.19. The van der Waals surface area contributed by atoms with Crippen LogP contribution in [0.25, 0.3) is 16.5 Å². The van der Waals surface area contributed by atoms with E-state index < -0.39 is 0 Å². The first-order chi connectivity index (χ1) is 21.1. The fourth-order valence-electron chi connectivity index (χ4n) is 4.30. The highest BCUT2D eigenvalue weighted by atomic mass is 16.5. The lowest BCUT2D eigenvalue weighted by molar-refractivity contribution is -0.113. The number of allylic oxidation sites excluding steroid dienone is 4. The molecule has 2 heterocycles. The number of benzene rings is 2. The summed E-state index contributed by atoms with van der Waals surface area (Å²) in [5.74, 6) is 1.38. The van der Waals surface area contributed by atoms with Crippen molar-refractivity contribution in [2.75, 3.05) is 46.0 Å². The van der Waals surface area contributed by atoms with E-state index in [2.05, 4.69) is 20.3 Å². The van der Waals surface area contributed by atoms with Crippen molar-refractivity contribution in [2.45, 2.75) is 6.61 Å². The van der Waals surface area contributed by atoms with Crippen LogP contribution in [0.4, 0.5) is 11.5 Å². The number of carbonyl (C=O) groups excluding carboxylic acids is 2. The first kappa shape index (κ1) is 29.4. The standard InChI is InChI=1S/C32H30N4O7/c1-39-10-12-41-30-16-26-28(17-31(30)42-13-11-40-2)34-20-35-32(26)36-27-7-6-23(43-19-21-4-3-9-33-18-21)15-24(27)25-14-22(37)5-8-29(25)38/h3-9,14-18,20H,10-13,19H2,1-2H3,(H,34,35,36). The lowest BCUT2D eigenvalue weighted by Crippen LogP contribution is -2.10. The van der Waals surface area contributed by atoms with E-state index in [0.717, 1.165) is 5.56 Å². The number of nitrogens with zero attached hydrogens (tertiary/aromatic N) is 3. The van der Waals surface area contributed by atoms with Crippen LogP contribution in [0.2, 0.25) is 0 Å². The molecular weight excluding hydrogens is 552 g/mol. The molecule has 0 bridgehead atoms. The van der Waals surface area contributed by atoms with Gasteiger partial charge in [0.1, 0.15) is 37.7 Å². The van der Waals surface area contributed by atoms with E-state index >= 15 is 0 Å². The van der Waals surface area contributed by atoms with Gasteiger partial charge in [0.05, 0.1) is 18.7 Å². The van der Waals surface area contributed by atoms with Gasteiger partial charge in [-0.3, -0.25) is 14.6 Å². The van der Waals surface area contributed by atoms with Crippen molar-refractivity contribution in [1.82, 2.24) is 15.0 Å². The number of carbonyl (C=O) groups is 2. The monoisotopic (exact) mass is 582 g/mol. The molecule has 1 N–H and O–H groups in total. The topological polar surface area (TPSA) is 131 Å². The van der Waals surface area contributed by atoms with Crippen LogP contribution in [0.15, 0.2) is 79.4 Å². The fraction of sp³-hybridized carbons (Fsp3) is 0.219. The molecule has 0 radical (unpaired) electrons. The maximum atomic E-state index is 12.9. The van der Waals surface area contributed by atoms with Gasteiger partial charge >= 0.3 is 0 Å². The second-order valence-electron chi connectivity index (χ2n) is 9.36. The van der Waals surface area contributed by atoms with Crippen LogP contribution in [0.3, 0.4) is 0 Å². The molecule has 5 rings (SSSR count). The molecule has 0 unspecified atom stereocenters. The Bertz CT molecular complexity index is 1670. The van der Waals surface area contributed by atoms with Gasteiger partial charge in [0.2, 0.25) is 0 Å². The van der Waals surface area contributed by atoms with E-state index in [-0.39, 0.29) is 23.7 Å². The first-order valence-electron chi connectivity index (χ1n) is 13.5. The van der Waals surface area contributed by atoms with Crippen molar-refractivity contribution < 1.29 is 33.3 Å². The van der Waals surface area contributed by atoms with Gasteiger partial charge in [0.25, 0.3) is 0 Å². The highest BCUT2D eigenvalue weighted by Crippen LogP contribution is 2.37. The van der Waals surface area contributed by atoms with Gasteiger partial charge in [-0.2, -0.15) is 0 Å². The van der Waals surface area contributed by atoms with Gasteiger partial charge in [0.15, 0.2) is 23.1 Å². The van der Waals surface area contributed by atoms with Gasteiger partial charge in [-0.1, -0.05) is 6.07 Å². The van der Waals surface area contributed by atoms with E-state index in [1.165, 1.54) is 24.6 Å². The lowest BCUT2D eigenvalue weighted by Gasteiger charge is -2.18. The third-order valence-corrected chi connectivity index (χ3v) is 6.40. The number of rotatable bonds is 14. The predicted octanol–water partition coefficient (Wildman–Crippen LogP) is 4.49. The normalized spacial score (nSPS) is 12.7. The first-order valence-corrected chi connectivity index (χ1v) is 13.5. The van der Waals surface area contributed by atoms with E-state index in [1.807, 2.05) is 12.1 Å². The Morgan fingerprint density at radius 1 is 0.837 bits per heavy atom. The summed E-state index contributed by atoms with van der Waals surface area (Å²) >= 11 is 0. The number of fused-ring (bicyclic) bond motifs is 1. The summed E-state index contributed by atoms with van der Waals surface area (Å²) < 4.78 is 28.1. The summed E-state index contributed by atoms with van der Waals surface area (Å²) in [4.78, 5) is 38.2. The Morgan fingerprint density at radius 2 is 1.63 bits per heavy atom. The van der Waals surface area contributed by atoms with Crippen LogP contribution in [0, 0.1) is 0 Å². The van der Waals surface area contributed by atoms with Crippen LogP contribution >= 0.6 is 0 Å². The van der Waals surface area contributed by atoms with Crippen LogP contribution in [-0.4, -0.2) is 67.2 Å². The second-order valence-corrected chi connectivity index (χ2v) is 9.36. The minimum atomic E-state index is -0.300. The van der Waals surface area contributed by atoms with Gasteiger partial charge < -0.3 is 29.0 Å². The number of hydrogen-bond donors (Lipinski definition) is 1. The van der Waals surface area contributed by atoms with Crippen LogP contribution in [0.5, 0.6) is 17.2 Å². The Balaban J connectivity index is 1.51. The quantitative estimate of drug-likeness (QED) is 0.167. The van der Waals surface area contributed by atoms with Crippen LogP contribution in [0.1, 0.15) is 11.1 Å². The van der Waals surface area contributed by atoms with Crippen LogP contribution in [-0.2, 0) is 25.7 Å². The zero-order valence-electron chi connectivity index (χ0n) is 23.7. The van der Waals surface area contributed by atoms with Gasteiger partial charge in [-0.25, -0.2) is 9.97 Å². The Kier molecular flexibility index (Phi) is 9.67. The molecule has 0 atom stereocenters. The average Bonchev–Trinajstić information content (AvgIpc) is 3.03. The maximum absolute atomic E-state index is 12.9. The largest absolute Gasteiger partial charge is 0.489 e. The third-order valence-electron chi connectivity index (χ3n) is 6.40. The molecule has 0 saturated heterocycles. The summed E-state index contributed by atoms with van der Waals surface area (Å²) in [6.45, 7) is 1.71. The van der Waals surface area contributed by atoms with Crippen LogP contribution < -0.4 is 19.5 Å². The smallest absolute Gasteiger partial charge is 0.186 e. The molecular formula is C32H30N4O7. The number of aromatic nitrogens is 3. The second kappa shape index (κ2) is 14.2. The molecule has 11 heteroatoms. The van der Waals surface area contributed by atoms with Crippen molar-refractivity contribution in [3.63, 3.8) is 0 Å². The SMILES string of the molecule is COCCOc1cc2ncnc(Nc3ccc(OCc4cccnc4)cc3C3=CC(=O)C=CC3=O)c2cc1OCCOC. The number of nitrogens with one attached hydrogen (secondary N) is 1. The molecule has 4 aromatic rings. The molecule has 1 aliphatic carbocycles. The molecule has 0 amide bonds. The van der Waals surface area contributed by atoms with Gasteiger partial charge in [0, 0.05) is 60.5 Å². The van der Waals surface area contributed by atoms with Gasteiger partial charge in [-0.15, -0.1) is 0 Å². The fourth-order valence-corrected chi connectivity index (χ4v) is 4.30. The van der Waals surface area contributed by atoms with E-state index in [4.69, 9.17) is 23.7 Å². The van der Waals surface area contributed by atoms with Crippen molar-refractivity contribution >= 4 is 39.5 Å². The number of methoxy groups -OCH3 is 2. The summed E-state index contributed by atoms with van der Waals surface area (Å²) in [5.41, 5.74) is 2.75. The highest BCUT2D eigenvalue weighted by Gasteiger charge is 2.21. The van der Waals surface area contributed by atoms with Crippen molar-refractivity contribution in [2.24, 2.45) is 0 Å². The molecule has 1 aliphatic rings. The molecule has 0 saturated carbocycles. The molecule has 220 valence electrons. The zero-order chi connectivity index (χ0) is 30.0. The minimum Gasteiger partial charge on any atom is -0.489 e. The maximum Gasteiger partial charge on any atom is 0.186 e. The summed E-state index contributed by atoms with van der Waals surface area (Å²) in [6, 6.07) is 12.6. The predicted molar refractivity (Wildman–Crippen MR) is 160 cm³/mol. The van der Waals surface area contributed by atoms with E-state index in [0.29, 0.717) is 71.6 Å². The third kappa shape index (κ3) is 7.39. The molecule has 0 aliphatic heterocycles. The molecule has 2 aromatic heterocycles. The molecule has 2 aromatic carbocycles. The Hall–Kier alpha value is -5.13. The molecule has 0 spiro atoms. The van der Waals surface area contributed by atoms with E-state index in [1.54, 1.807) is 56.9 Å². The number of pyridine rings is 1. The van der Waals surface area contributed by atoms with Crippen molar-refractivity contribution in [3.05, 3.63) is 90.5 Å². The number of ether oxygens (including phenoxy) is 5. The number of anilines is 2. The lowest BCUT2D eigenvalue weighted by atomic mass is 9.94. The molecule has 0 fully saturated rings. The Morgan fingerprint density at radius 3 is 2.37 bits per heavy atom. The van der Waals surface area contributed by atoms with Crippen molar-refractivity contribution in [3.8, 4) is 17.2 Å². The average molecular weight is 583 g/mol.